The van der Waals surface area contributed by atoms with E-state index in [0.717, 1.165) is 36.4 Å². The van der Waals surface area contributed by atoms with Crippen molar-refractivity contribution in [3.63, 3.8) is 0 Å². The first-order valence-electron chi connectivity index (χ1n) is 6.12. The zero-order chi connectivity index (χ0) is 15.9. The van der Waals surface area contributed by atoms with Crippen LogP contribution in [0.4, 0.5) is 17.6 Å². The van der Waals surface area contributed by atoms with E-state index in [1.165, 1.54) is 6.07 Å². The van der Waals surface area contributed by atoms with E-state index in [-0.39, 0.29) is 22.4 Å². The zero-order valence-electron chi connectivity index (χ0n) is 10.8. The van der Waals surface area contributed by atoms with Crippen molar-refractivity contribution in [1.82, 2.24) is 4.98 Å². The highest BCUT2D eigenvalue weighted by Crippen LogP contribution is 2.30. The lowest BCUT2D eigenvalue weighted by molar-refractivity contribution is -0.137. The van der Waals surface area contributed by atoms with Gasteiger partial charge in [0.15, 0.2) is 0 Å². The molecular weight excluding hydrogens is 302 g/mol. The topological polar surface area (TPSA) is 43.1 Å². The molecule has 3 nitrogen and oxygen atoms in total. The molecule has 1 aromatic heterocycles. The number of alkyl halides is 3. The molecule has 3 aromatic rings. The van der Waals surface area contributed by atoms with Gasteiger partial charge in [-0.25, -0.2) is 14.2 Å². The van der Waals surface area contributed by atoms with Gasteiger partial charge in [0.2, 0.25) is 5.89 Å². The molecule has 0 fully saturated rings. The maximum Gasteiger partial charge on any atom is 0.416 e. The fraction of sp³-hybridized carbons (Fsp3) is 0.0667. The van der Waals surface area contributed by atoms with Crippen LogP contribution in [-0.2, 0) is 6.18 Å². The third-order valence-corrected chi connectivity index (χ3v) is 3.05. The van der Waals surface area contributed by atoms with Crippen LogP contribution in [0.15, 0.2) is 51.7 Å². The average Bonchev–Trinajstić information content (AvgIpc) is 2.46. The van der Waals surface area contributed by atoms with E-state index in [9.17, 15) is 22.4 Å². The Morgan fingerprint density at radius 2 is 1.68 bits per heavy atom. The minimum absolute atomic E-state index is 0.0751. The summed E-state index contributed by atoms with van der Waals surface area (Å²) in [7, 11) is 0. The maximum atomic E-state index is 13.2. The monoisotopic (exact) mass is 309 g/mol. The predicted octanol–water partition coefficient (Wildman–Crippen LogP) is 4.01. The number of aromatic nitrogens is 1. The Kier molecular flexibility index (Phi) is 3.20. The summed E-state index contributed by atoms with van der Waals surface area (Å²) in [5.41, 5.74) is -1.30. The molecule has 112 valence electrons. The first-order chi connectivity index (χ1) is 10.3. The number of halogens is 4. The van der Waals surface area contributed by atoms with Gasteiger partial charge >= 0.3 is 11.8 Å². The Hall–Kier alpha value is -2.70. The van der Waals surface area contributed by atoms with Gasteiger partial charge in [0.25, 0.3) is 0 Å². The Labute approximate surface area is 120 Å². The number of rotatable bonds is 1. The third-order valence-electron chi connectivity index (χ3n) is 3.05. The average molecular weight is 309 g/mol. The van der Waals surface area contributed by atoms with Crippen molar-refractivity contribution in [2.24, 2.45) is 0 Å². The minimum Gasteiger partial charge on any atom is -0.403 e. The number of benzene rings is 2. The largest absolute Gasteiger partial charge is 0.416 e. The first kappa shape index (κ1) is 14.2. The van der Waals surface area contributed by atoms with Crippen LogP contribution in [0.1, 0.15) is 5.56 Å². The van der Waals surface area contributed by atoms with Crippen LogP contribution in [0, 0.1) is 5.82 Å². The number of hydrogen-bond donors (Lipinski definition) is 0. The van der Waals surface area contributed by atoms with Crippen molar-refractivity contribution in [1.29, 1.82) is 0 Å². The van der Waals surface area contributed by atoms with Crippen molar-refractivity contribution in [3.05, 3.63) is 64.3 Å². The van der Waals surface area contributed by atoms with Crippen LogP contribution >= 0.6 is 0 Å². The third kappa shape index (κ3) is 2.57. The van der Waals surface area contributed by atoms with Crippen LogP contribution in [0.2, 0.25) is 0 Å². The summed E-state index contributed by atoms with van der Waals surface area (Å²) in [5.74, 6) is -0.749. The van der Waals surface area contributed by atoms with Crippen LogP contribution in [-0.4, -0.2) is 4.98 Å². The van der Waals surface area contributed by atoms with Gasteiger partial charge in [-0.1, -0.05) is 0 Å². The molecule has 0 aliphatic carbocycles. The molecule has 22 heavy (non-hydrogen) atoms. The normalized spacial score (nSPS) is 11.8. The van der Waals surface area contributed by atoms with Gasteiger partial charge in [0.1, 0.15) is 5.82 Å². The fourth-order valence-corrected chi connectivity index (χ4v) is 1.97. The second-order valence-corrected chi connectivity index (χ2v) is 4.54. The number of fused-ring (bicyclic) bond motifs is 1. The maximum absolute atomic E-state index is 13.2. The first-order valence-corrected chi connectivity index (χ1v) is 6.12. The van der Waals surface area contributed by atoms with Crippen molar-refractivity contribution in [2.45, 2.75) is 6.18 Å². The Morgan fingerprint density at radius 3 is 2.32 bits per heavy atom. The SMILES string of the molecule is O=c1oc(-c2ccc(C(F)(F)F)cc2)nc2cc(F)ccc12. The Bertz CT molecular complexity index is 898. The molecule has 0 unspecified atom stereocenters. The van der Waals surface area contributed by atoms with Gasteiger partial charge in [0, 0.05) is 11.6 Å². The Morgan fingerprint density at radius 1 is 1.00 bits per heavy atom. The Balaban J connectivity index is 2.12. The van der Waals surface area contributed by atoms with Gasteiger partial charge in [-0.05, 0) is 36.4 Å². The summed E-state index contributed by atoms with van der Waals surface area (Å²) >= 11 is 0. The van der Waals surface area contributed by atoms with E-state index in [1.807, 2.05) is 0 Å². The lowest BCUT2D eigenvalue weighted by atomic mass is 10.1. The molecule has 0 amide bonds. The molecule has 0 aliphatic rings. The van der Waals surface area contributed by atoms with E-state index in [0.29, 0.717) is 0 Å². The standard InChI is InChI=1S/C15H7F4NO2/c16-10-5-6-11-12(7-10)20-13(22-14(11)21)8-1-3-9(4-2-8)15(17,18)19/h1-7H. The summed E-state index contributed by atoms with van der Waals surface area (Å²) in [6.45, 7) is 0. The molecule has 1 heterocycles. The second kappa shape index (κ2) is 4.94. The predicted molar refractivity (Wildman–Crippen MR) is 70.7 cm³/mol. The molecule has 0 bridgehead atoms. The summed E-state index contributed by atoms with van der Waals surface area (Å²) in [6.07, 6.45) is -4.46. The van der Waals surface area contributed by atoms with Crippen LogP contribution in [0.5, 0.6) is 0 Å². The summed E-state index contributed by atoms with van der Waals surface area (Å²) in [5, 5.41) is 0.0945. The van der Waals surface area contributed by atoms with Gasteiger partial charge in [-0.2, -0.15) is 13.2 Å². The van der Waals surface area contributed by atoms with E-state index < -0.39 is 23.2 Å². The van der Waals surface area contributed by atoms with Gasteiger partial charge < -0.3 is 4.42 Å². The molecule has 7 heteroatoms. The molecule has 0 radical (unpaired) electrons. The van der Waals surface area contributed by atoms with Crippen molar-refractivity contribution in [3.8, 4) is 11.5 Å². The summed E-state index contributed by atoms with van der Waals surface area (Å²) in [6, 6.07) is 7.37. The van der Waals surface area contributed by atoms with Crippen molar-refractivity contribution < 1.29 is 22.0 Å². The molecule has 0 atom stereocenters. The summed E-state index contributed by atoms with van der Waals surface area (Å²) in [4.78, 5) is 15.8. The molecule has 2 aromatic carbocycles. The highest BCUT2D eigenvalue weighted by molar-refractivity contribution is 5.78. The minimum atomic E-state index is -4.46. The number of nitrogens with zero attached hydrogens (tertiary/aromatic N) is 1. The highest BCUT2D eigenvalue weighted by atomic mass is 19.4. The quantitative estimate of drug-likeness (QED) is 0.638. The lowest BCUT2D eigenvalue weighted by Gasteiger charge is -2.07. The molecule has 0 saturated heterocycles. The van der Waals surface area contributed by atoms with Crippen LogP contribution in [0.3, 0.4) is 0 Å². The van der Waals surface area contributed by atoms with Crippen molar-refractivity contribution in [2.75, 3.05) is 0 Å². The lowest BCUT2D eigenvalue weighted by Crippen LogP contribution is -2.05. The molecule has 0 saturated carbocycles. The molecule has 0 aliphatic heterocycles. The zero-order valence-corrected chi connectivity index (χ0v) is 10.8. The van der Waals surface area contributed by atoms with Gasteiger partial charge in [0.05, 0.1) is 16.5 Å². The van der Waals surface area contributed by atoms with E-state index >= 15 is 0 Å². The molecular formula is C15H7F4NO2. The van der Waals surface area contributed by atoms with Gasteiger partial charge in [-0.15, -0.1) is 0 Å². The van der Waals surface area contributed by atoms with Crippen LogP contribution in [0.25, 0.3) is 22.4 Å². The second-order valence-electron chi connectivity index (χ2n) is 4.54. The smallest absolute Gasteiger partial charge is 0.403 e. The van der Waals surface area contributed by atoms with Crippen molar-refractivity contribution >= 4 is 10.9 Å². The van der Waals surface area contributed by atoms with Gasteiger partial charge in [-0.3, -0.25) is 0 Å². The molecule has 0 N–H and O–H groups in total. The molecule has 0 spiro atoms. The number of hydrogen-bond acceptors (Lipinski definition) is 3. The van der Waals surface area contributed by atoms with Crippen LogP contribution < -0.4 is 5.63 Å². The summed E-state index contributed by atoms with van der Waals surface area (Å²) < 4.78 is 55.7. The fourth-order valence-electron chi connectivity index (χ4n) is 1.97. The highest BCUT2D eigenvalue weighted by Gasteiger charge is 2.30. The van der Waals surface area contributed by atoms with E-state index in [1.54, 1.807) is 0 Å². The van der Waals surface area contributed by atoms with E-state index in [4.69, 9.17) is 4.42 Å². The van der Waals surface area contributed by atoms with E-state index in [2.05, 4.69) is 4.98 Å². The molecule has 3 rings (SSSR count).